The molecule has 12 rings (SSSR count). The lowest BCUT2D eigenvalue weighted by Crippen LogP contribution is -2.04. The van der Waals surface area contributed by atoms with E-state index in [-0.39, 0.29) is 0 Å². The van der Waals surface area contributed by atoms with Gasteiger partial charge in [0.2, 0.25) is 5.95 Å². The molecule has 0 fully saturated rings. The summed E-state index contributed by atoms with van der Waals surface area (Å²) in [5, 5.41) is 11.0. The summed E-state index contributed by atoms with van der Waals surface area (Å²) in [6, 6.07) is 55.2. The normalized spacial score (nSPS) is 12.4. The quantitative estimate of drug-likeness (QED) is 0.174. The molecule has 3 nitrogen and oxygen atoms in total. The molecule has 0 spiro atoms. The molecular formula is C46H25N3S. The van der Waals surface area contributed by atoms with E-state index in [1.54, 1.807) is 0 Å². The van der Waals surface area contributed by atoms with Crippen LogP contribution in [-0.2, 0) is 0 Å². The Bertz CT molecular complexity index is 3180. The maximum atomic E-state index is 5.53. The van der Waals surface area contributed by atoms with Crippen LogP contribution in [0.5, 0.6) is 0 Å². The van der Waals surface area contributed by atoms with Gasteiger partial charge >= 0.3 is 0 Å². The maximum absolute atomic E-state index is 5.53. The van der Waals surface area contributed by atoms with E-state index < -0.39 is 0 Å². The highest BCUT2D eigenvalue weighted by Gasteiger charge is 2.26. The maximum Gasteiger partial charge on any atom is 0.235 e. The van der Waals surface area contributed by atoms with Crippen molar-refractivity contribution >= 4 is 85.8 Å². The Kier molecular flexibility index (Phi) is 5.12. The van der Waals surface area contributed by atoms with Gasteiger partial charge in [-0.2, -0.15) is 0 Å². The second kappa shape index (κ2) is 9.63. The summed E-state index contributed by atoms with van der Waals surface area (Å²) in [4.78, 5) is 11.0. The number of hydrogen-bond donors (Lipinski definition) is 0. The van der Waals surface area contributed by atoms with Crippen LogP contribution in [0.4, 0.5) is 0 Å². The van der Waals surface area contributed by atoms with Gasteiger partial charge in [0.05, 0.1) is 22.2 Å². The van der Waals surface area contributed by atoms with Crippen LogP contribution in [0.1, 0.15) is 0 Å². The lowest BCUT2D eigenvalue weighted by Gasteiger charge is -2.15. The zero-order valence-electron chi connectivity index (χ0n) is 26.7. The Balaban J connectivity index is 1.23. The van der Waals surface area contributed by atoms with Crippen molar-refractivity contribution in [2.45, 2.75) is 0 Å². The predicted molar refractivity (Wildman–Crippen MR) is 212 cm³/mol. The van der Waals surface area contributed by atoms with E-state index in [1.807, 2.05) is 11.3 Å². The Labute approximate surface area is 290 Å². The lowest BCUT2D eigenvalue weighted by molar-refractivity contribution is 1.02. The molecule has 0 saturated heterocycles. The Morgan fingerprint density at radius 3 is 1.80 bits per heavy atom. The number of aromatic nitrogens is 3. The van der Waals surface area contributed by atoms with Crippen LogP contribution in [0.3, 0.4) is 0 Å². The molecule has 0 saturated carbocycles. The molecule has 0 aliphatic heterocycles. The summed E-state index contributed by atoms with van der Waals surface area (Å²) >= 11 is 1.84. The number of fused-ring (bicyclic) bond motifs is 8. The number of thiophene rings is 1. The molecule has 3 aromatic heterocycles. The fraction of sp³-hybridized carbons (Fsp3) is 0. The van der Waals surface area contributed by atoms with Crippen molar-refractivity contribution in [3.63, 3.8) is 0 Å². The summed E-state index contributed by atoms with van der Waals surface area (Å²) in [6.07, 6.45) is 0. The molecule has 3 heterocycles. The molecule has 1 aliphatic carbocycles. The molecule has 0 amide bonds. The molecule has 0 bridgehead atoms. The zero-order chi connectivity index (χ0) is 32.5. The van der Waals surface area contributed by atoms with Gasteiger partial charge in [-0.25, -0.2) is 9.97 Å². The molecule has 1 aliphatic rings. The van der Waals surface area contributed by atoms with Gasteiger partial charge in [-0.1, -0.05) is 115 Å². The largest absolute Gasteiger partial charge is 0.278 e. The summed E-state index contributed by atoms with van der Waals surface area (Å²) in [5.74, 6) is 0.681. The second-order valence-corrected chi connectivity index (χ2v) is 14.4. The van der Waals surface area contributed by atoms with Crippen LogP contribution >= 0.6 is 11.3 Å². The van der Waals surface area contributed by atoms with Gasteiger partial charge in [-0.05, 0) is 74.8 Å². The van der Waals surface area contributed by atoms with Gasteiger partial charge in [-0.15, -0.1) is 11.3 Å². The third-order valence-corrected chi connectivity index (χ3v) is 11.9. The van der Waals surface area contributed by atoms with Crippen LogP contribution in [0.15, 0.2) is 152 Å². The minimum atomic E-state index is 0.681. The van der Waals surface area contributed by atoms with Crippen molar-refractivity contribution in [1.82, 2.24) is 14.5 Å². The standard InChI is InChI=1S/C46H25N3S/c1-2-12-29-26(9-1)21-23-35-44(28-22-24-40-36(25-28)30-13-3-4-20-39(30)50-40)47-46(48-45(29)35)49-37-18-7-16-33-31-14-5-10-27-11-6-15-32(41(27)31)34-17-8-19-38(49)43(34)42(33)37/h1-25H. The van der Waals surface area contributed by atoms with Crippen LogP contribution in [0.2, 0.25) is 0 Å². The first-order valence-electron chi connectivity index (χ1n) is 17.0. The van der Waals surface area contributed by atoms with E-state index in [9.17, 15) is 0 Å². The number of hydrogen-bond acceptors (Lipinski definition) is 3. The first-order chi connectivity index (χ1) is 24.8. The molecule has 0 radical (unpaired) electrons. The molecular weight excluding hydrogens is 627 g/mol. The zero-order valence-corrected chi connectivity index (χ0v) is 27.5. The van der Waals surface area contributed by atoms with E-state index in [1.165, 1.54) is 69.4 Å². The average Bonchev–Trinajstić information content (AvgIpc) is 3.68. The topological polar surface area (TPSA) is 30.7 Å². The summed E-state index contributed by atoms with van der Waals surface area (Å²) in [6.45, 7) is 0. The number of nitrogens with zero attached hydrogens (tertiary/aromatic N) is 3. The van der Waals surface area contributed by atoms with Gasteiger partial charge < -0.3 is 0 Å². The van der Waals surface area contributed by atoms with Crippen LogP contribution < -0.4 is 0 Å². The molecule has 0 N–H and O–H groups in total. The molecule has 0 unspecified atom stereocenters. The van der Waals surface area contributed by atoms with Gasteiger partial charge in [0.15, 0.2) is 0 Å². The minimum Gasteiger partial charge on any atom is -0.278 e. The van der Waals surface area contributed by atoms with Crippen molar-refractivity contribution in [2.24, 2.45) is 0 Å². The van der Waals surface area contributed by atoms with E-state index in [0.29, 0.717) is 5.95 Å². The summed E-state index contributed by atoms with van der Waals surface area (Å²) in [7, 11) is 0. The molecule has 50 heavy (non-hydrogen) atoms. The van der Waals surface area contributed by atoms with E-state index in [0.717, 1.165) is 38.6 Å². The minimum absolute atomic E-state index is 0.681. The molecule has 11 aromatic rings. The highest BCUT2D eigenvalue weighted by Crippen LogP contribution is 2.49. The number of rotatable bonds is 2. The fourth-order valence-electron chi connectivity index (χ4n) is 8.61. The van der Waals surface area contributed by atoms with E-state index in [2.05, 4.69) is 156 Å². The van der Waals surface area contributed by atoms with Gasteiger partial charge in [-0.3, -0.25) is 4.57 Å². The van der Waals surface area contributed by atoms with Crippen LogP contribution in [-0.4, -0.2) is 14.5 Å². The monoisotopic (exact) mass is 651 g/mol. The van der Waals surface area contributed by atoms with E-state index in [4.69, 9.17) is 9.97 Å². The Morgan fingerprint density at radius 1 is 0.420 bits per heavy atom. The SMILES string of the molecule is c1cc2c3c(cccc3c1)-c1cccc3c1c1c-2cccc1n3-c1nc(-c2ccc3sc4ccccc4c3c2)c2ccc3ccccc3c2n1. The summed E-state index contributed by atoms with van der Waals surface area (Å²) in [5.41, 5.74) is 10.2. The van der Waals surface area contributed by atoms with Crippen molar-refractivity contribution in [1.29, 1.82) is 0 Å². The van der Waals surface area contributed by atoms with Crippen LogP contribution in [0.25, 0.3) is 114 Å². The average molecular weight is 652 g/mol. The highest BCUT2D eigenvalue weighted by molar-refractivity contribution is 7.25. The first kappa shape index (κ1) is 26.6. The van der Waals surface area contributed by atoms with E-state index >= 15 is 0 Å². The first-order valence-corrected chi connectivity index (χ1v) is 17.8. The second-order valence-electron chi connectivity index (χ2n) is 13.3. The molecule has 4 heteroatoms. The number of benzene rings is 8. The fourth-order valence-corrected chi connectivity index (χ4v) is 9.69. The Morgan fingerprint density at radius 2 is 1.04 bits per heavy atom. The molecule has 8 aromatic carbocycles. The third-order valence-electron chi connectivity index (χ3n) is 10.7. The van der Waals surface area contributed by atoms with Crippen molar-refractivity contribution in [3.05, 3.63) is 152 Å². The van der Waals surface area contributed by atoms with Gasteiger partial charge in [0, 0.05) is 47.3 Å². The Hall–Kier alpha value is -6.36. The van der Waals surface area contributed by atoms with Crippen LogP contribution in [0, 0.1) is 0 Å². The summed E-state index contributed by atoms with van der Waals surface area (Å²) < 4.78 is 4.88. The van der Waals surface area contributed by atoms with Crippen molar-refractivity contribution in [2.75, 3.05) is 0 Å². The smallest absolute Gasteiger partial charge is 0.235 e. The third kappa shape index (κ3) is 3.43. The van der Waals surface area contributed by atoms with Gasteiger partial charge in [0.25, 0.3) is 0 Å². The van der Waals surface area contributed by atoms with Gasteiger partial charge in [0.1, 0.15) is 0 Å². The predicted octanol–water partition coefficient (Wildman–Crippen LogP) is 12.7. The molecule has 230 valence electrons. The van der Waals surface area contributed by atoms with Crippen molar-refractivity contribution < 1.29 is 0 Å². The lowest BCUT2D eigenvalue weighted by atomic mass is 9.93. The van der Waals surface area contributed by atoms with Crippen molar-refractivity contribution in [3.8, 4) is 39.5 Å². The highest BCUT2D eigenvalue weighted by atomic mass is 32.1. The molecule has 0 atom stereocenters.